The smallest absolute Gasteiger partial charge is 0.400 e. The molecule has 96 valence electrons. The molecule has 0 aromatic carbocycles. The zero-order valence-corrected chi connectivity index (χ0v) is 12.1. The normalized spacial score (nSPS) is 32.1. The molecule has 1 unspecified atom stereocenters. The SMILES string of the molecule is CC1=C(B2OC(C)(C)C(C)(C)O2)C(C)CCC1. The lowest BCUT2D eigenvalue weighted by molar-refractivity contribution is 0.00578. The van der Waals surface area contributed by atoms with Crippen LogP contribution in [0, 0.1) is 5.92 Å². The van der Waals surface area contributed by atoms with Crippen LogP contribution in [0.1, 0.15) is 60.8 Å². The molecule has 3 heteroatoms. The third kappa shape index (κ3) is 2.20. The Labute approximate surface area is 106 Å². The van der Waals surface area contributed by atoms with E-state index in [1.807, 2.05) is 0 Å². The number of hydrogen-bond acceptors (Lipinski definition) is 2. The van der Waals surface area contributed by atoms with E-state index in [1.165, 1.54) is 30.3 Å². The fourth-order valence-electron chi connectivity index (χ4n) is 2.80. The van der Waals surface area contributed by atoms with Crippen LogP contribution in [0.15, 0.2) is 11.0 Å². The molecule has 17 heavy (non-hydrogen) atoms. The minimum atomic E-state index is -0.220. The van der Waals surface area contributed by atoms with Gasteiger partial charge in [-0.2, -0.15) is 0 Å². The highest BCUT2D eigenvalue weighted by molar-refractivity contribution is 6.55. The fraction of sp³-hybridized carbons (Fsp3) is 0.857. The molecule has 0 saturated carbocycles. The molecule has 0 N–H and O–H groups in total. The highest BCUT2D eigenvalue weighted by Crippen LogP contribution is 2.42. The summed E-state index contributed by atoms with van der Waals surface area (Å²) in [7, 11) is -0.129. The summed E-state index contributed by atoms with van der Waals surface area (Å²) in [6.07, 6.45) is 3.76. The maximum Gasteiger partial charge on any atom is 0.490 e. The topological polar surface area (TPSA) is 18.5 Å². The second-order valence-corrected chi connectivity index (χ2v) is 6.62. The minimum absolute atomic E-state index is 0.129. The van der Waals surface area contributed by atoms with Crippen molar-refractivity contribution < 1.29 is 9.31 Å². The Morgan fingerprint density at radius 2 is 1.65 bits per heavy atom. The van der Waals surface area contributed by atoms with Crippen LogP contribution in [0.5, 0.6) is 0 Å². The highest BCUT2D eigenvalue weighted by Gasteiger charge is 2.53. The second kappa shape index (κ2) is 4.13. The third-order valence-electron chi connectivity index (χ3n) is 4.72. The van der Waals surface area contributed by atoms with Crippen molar-refractivity contribution in [1.29, 1.82) is 0 Å². The lowest BCUT2D eigenvalue weighted by Gasteiger charge is -2.32. The van der Waals surface area contributed by atoms with E-state index in [2.05, 4.69) is 41.5 Å². The molecule has 2 aliphatic rings. The average Bonchev–Trinajstić information content (AvgIpc) is 2.35. The first-order chi connectivity index (χ1) is 7.74. The lowest BCUT2D eigenvalue weighted by Crippen LogP contribution is -2.41. The van der Waals surface area contributed by atoms with Crippen molar-refractivity contribution in [3.05, 3.63) is 11.0 Å². The molecule has 0 bridgehead atoms. The van der Waals surface area contributed by atoms with Gasteiger partial charge < -0.3 is 9.31 Å². The Bertz CT molecular complexity index is 328. The van der Waals surface area contributed by atoms with Gasteiger partial charge >= 0.3 is 7.12 Å². The van der Waals surface area contributed by atoms with Crippen LogP contribution in [0.25, 0.3) is 0 Å². The van der Waals surface area contributed by atoms with Crippen molar-refractivity contribution in [1.82, 2.24) is 0 Å². The maximum atomic E-state index is 6.16. The van der Waals surface area contributed by atoms with E-state index in [1.54, 1.807) is 0 Å². The van der Waals surface area contributed by atoms with Gasteiger partial charge in [0.25, 0.3) is 0 Å². The Balaban J connectivity index is 2.26. The molecular formula is C14H25BO2. The summed E-state index contributed by atoms with van der Waals surface area (Å²) >= 11 is 0. The van der Waals surface area contributed by atoms with E-state index in [0.717, 1.165) is 0 Å². The van der Waals surface area contributed by atoms with Crippen molar-refractivity contribution >= 4 is 7.12 Å². The minimum Gasteiger partial charge on any atom is -0.400 e. The molecule has 2 nitrogen and oxygen atoms in total. The second-order valence-electron chi connectivity index (χ2n) is 6.62. The first kappa shape index (κ1) is 13.2. The average molecular weight is 236 g/mol. The van der Waals surface area contributed by atoms with Gasteiger partial charge in [-0.25, -0.2) is 0 Å². The quantitative estimate of drug-likeness (QED) is 0.645. The molecule has 1 fully saturated rings. The van der Waals surface area contributed by atoms with Crippen molar-refractivity contribution in [2.75, 3.05) is 0 Å². The van der Waals surface area contributed by atoms with Gasteiger partial charge in [0.2, 0.25) is 0 Å². The molecule has 1 aliphatic heterocycles. The van der Waals surface area contributed by atoms with Gasteiger partial charge in [-0.15, -0.1) is 0 Å². The Morgan fingerprint density at radius 3 is 2.12 bits per heavy atom. The molecule has 1 heterocycles. The number of allylic oxidation sites excluding steroid dienone is 2. The molecule has 0 spiro atoms. The number of rotatable bonds is 1. The predicted octanol–water partition coefficient (Wildman–Crippen LogP) is 3.75. The summed E-state index contributed by atoms with van der Waals surface area (Å²) in [5.74, 6) is 0.596. The summed E-state index contributed by atoms with van der Waals surface area (Å²) in [6, 6.07) is 0. The third-order valence-corrected chi connectivity index (χ3v) is 4.72. The first-order valence-electron chi connectivity index (χ1n) is 6.80. The van der Waals surface area contributed by atoms with Crippen molar-refractivity contribution in [3.8, 4) is 0 Å². The molecular weight excluding hydrogens is 211 g/mol. The Kier molecular flexibility index (Phi) is 3.20. The van der Waals surface area contributed by atoms with Crippen molar-refractivity contribution in [2.24, 2.45) is 5.92 Å². The molecule has 0 aromatic rings. The zero-order chi connectivity index (χ0) is 12.8. The van der Waals surface area contributed by atoms with Gasteiger partial charge in [-0.1, -0.05) is 12.5 Å². The van der Waals surface area contributed by atoms with Gasteiger partial charge in [-0.3, -0.25) is 0 Å². The van der Waals surface area contributed by atoms with Crippen LogP contribution in [-0.2, 0) is 9.31 Å². The van der Waals surface area contributed by atoms with Crippen molar-refractivity contribution in [3.63, 3.8) is 0 Å². The van der Waals surface area contributed by atoms with Gasteiger partial charge in [0.15, 0.2) is 0 Å². The fourth-order valence-corrected chi connectivity index (χ4v) is 2.80. The molecule has 0 aromatic heterocycles. The van der Waals surface area contributed by atoms with Gasteiger partial charge in [0.05, 0.1) is 11.2 Å². The predicted molar refractivity (Wildman–Crippen MR) is 71.8 cm³/mol. The van der Waals surface area contributed by atoms with E-state index >= 15 is 0 Å². The Morgan fingerprint density at radius 1 is 1.12 bits per heavy atom. The largest absolute Gasteiger partial charge is 0.490 e. The summed E-state index contributed by atoms with van der Waals surface area (Å²) < 4.78 is 12.3. The monoisotopic (exact) mass is 236 g/mol. The zero-order valence-electron chi connectivity index (χ0n) is 12.1. The summed E-state index contributed by atoms with van der Waals surface area (Å²) in [4.78, 5) is 0. The van der Waals surface area contributed by atoms with E-state index in [-0.39, 0.29) is 18.3 Å². The van der Waals surface area contributed by atoms with E-state index < -0.39 is 0 Å². The standard InChI is InChI=1S/C14H25BO2/c1-10-8-7-9-11(2)12(10)15-16-13(3,4)14(5,6)17-15/h10H,7-9H2,1-6H3. The van der Waals surface area contributed by atoms with Crippen LogP contribution in [0.2, 0.25) is 0 Å². The summed E-state index contributed by atoms with van der Waals surface area (Å²) in [5, 5.41) is 0. The van der Waals surface area contributed by atoms with Crippen molar-refractivity contribution in [2.45, 2.75) is 72.0 Å². The van der Waals surface area contributed by atoms with Gasteiger partial charge in [0.1, 0.15) is 0 Å². The highest BCUT2D eigenvalue weighted by atomic mass is 16.7. The molecule has 2 rings (SSSR count). The van der Waals surface area contributed by atoms with Crippen LogP contribution in [0.3, 0.4) is 0 Å². The molecule has 1 saturated heterocycles. The van der Waals surface area contributed by atoms with Crippen LogP contribution in [-0.4, -0.2) is 18.3 Å². The first-order valence-corrected chi connectivity index (χ1v) is 6.80. The van der Waals surface area contributed by atoms with E-state index in [0.29, 0.717) is 5.92 Å². The molecule has 1 atom stereocenters. The van der Waals surface area contributed by atoms with E-state index in [4.69, 9.17) is 9.31 Å². The van der Waals surface area contributed by atoms with Crippen LogP contribution >= 0.6 is 0 Å². The van der Waals surface area contributed by atoms with Gasteiger partial charge in [0, 0.05) is 0 Å². The maximum absolute atomic E-state index is 6.16. The molecule has 1 aliphatic carbocycles. The molecule has 0 radical (unpaired) electrons. The van der Waals surface area contributed by atoms with E-state index in [9.17, 15) is 0 Å². The lowest BCUT2D eigenvalue weighted by atomic mass is 9.65. The summed E-state index contributed by atoms with van der Waals surface area (Å²) in [6.45, 7) is 13.0. The summed E-state index contributed by atoms with van der Waals surface area (Å²) in [5.41, 5.74) is 2.43. The van der Waals surface area contributed by atoms with Crippen LogP contribution in [0.4, 0.5) is 0 Å². The van der Waals surface area contributed by atoms with Gasteiger partial charge in [-0.05, 0) is 65.3 Å². The van der Waals surface area contributed by atoms with Crippen LogP contribution < -0.4 is 0 Å². The molecule has 0 amide bonds. The number of hydrogen-bond donors (Lipinski definition) is 0. The Hall–Kier alpha value is -0.275.